The Morgan fingerprint density at radius 2 is 1.83 bits per heavy atom. The molecule has 0 amide bonds. The van der Waals surface area contributed by atoms with Crippen LogP contribution < -0.4 is 10.6 Å². The maximum Gasteiger partial charge on any atom is 0.225 e. The zero-order valence-corrected chi connectivity index (χ0v) is 16.4. The molecule has 1 saturated heterocycles. The highest BCUT2D eigenvalue weighted by molar-refractivity contribution is 14.0. The zero-order chi connectivity index (χ0) is 15.7. The average Bonchev–Trinajstić information content (AvgIpc) is 3.22. The van der Waals surface area contributed by atoms with E-state index in [-0.39, 0.29) is 24.0 Å². The monoisotopic (exact) mass is 442 g/mol. The molecule has 132 valence electrons. The first kappa shape index (κ1) is 17.7. The summed E-state index contributed by atoms with van der Waals surface area (Å²) in [5.74, 6) is 2.51. The fourth-order valence-electron chi connectivity index (χ4n) is 4.47. The van der Waals surface area contributed by atoms with E-state index >= 15 is 0 Å². The van der Waals surface area contributed by atoms with Gasteiger partial charge in [-0.05, 0) is 49.5 Å². The van der Waals surface area contributed by atoms with Crippen molar-refractivity contribution in [1.82, 2.24) is 14.9 Å². The Labute approximate surface area is 160 Å². The summed E-state index contributed by atoms with van der Waals surface area (Å²) >= 11 is 0. The standard InChI is InChI=1S/C17H26N6.HI/c18-15(21-13-17-4-2-14(12-17)3-5-17)22-8-10-23(11-9-22)16-19-6-1-7-20-16;/h1,6-7,14H,2-5,8-13H2,(H2,18,21);1H. The van der Waals surface area contributed by atoms with E-state index in [1.807, 2.05) is 6.07 Å². The van der Waals surface area contributed by atoms with Crippen LogP contribution in [-0.4, -0.2) is 53.6 Å². The third-order valence-corrected chi connectivity index (χ3v) is 5.90. The maximum atomic E-state index is 6.26. The number of nitrogens with two attached hydrogens (primary N) is 1. The van der Waals surface area contributed by atoms with Gasteiger partial charge in [-0.3, -0.25) is 4.99 Å². The second kappa shape index (κ2) is 7.41. The third kappa shape index (κ3) is 3.60. The van der Waals surface area contributed by atoms with Crippen LogP contribution in [0.1, 0.15) is 32.1 Å². The van der Waals surface area contributed by atoms with Gasteiger partial charge in [0.05, 0.1) is 0 Å². The van der Waals surface area contributed by atoms with E-state index < -0.39 is 0 Å². The summed E-state index contributed by atoms with van der Waals surface area (Å²) in [5.41, 5.74) is 6.75. The van der Waals surface area contributed by atoms with Crippen molar-refractivity contribution < 1.29 is 0 Å². The van der Waals surface area contributed by atoms with Crippen LogP contribution >= 0.6 is 24.0 Å². The molecule has 0 unspecified atom stereocenters. The summed E-state index contributed by atoms with van der Waals surface area (Å²) in [4.78, 5) is 17.8. The number of halogens is 1. The number of hydrogen-bond acceptors (Lipinski definition) is 4. The van der Waals surface area contributed by atoms with Gasteiger partial charge in [-0.15, -0.1) is 24.0 Å². The van der Waals surface area contributed by atoms with Crippen LogP contribution in [0.3, 0.4) is 0 Å². The predicted octanol–water partition coefficient (Wildman–Crippen LogP) is 2.11. The van der Waals surface area contributed by atoms with Gasteiger partial charge in [0.25, 0.3) is 0 Å². The topological polar surface area (TPSA) is 70.6 Å². The highest BCUT2D eigenvalue weighted by Gasteiger charge is 2.44. The van der Waals surface area contributed by atoms with Crippen LogP contribution in [-0.2, 0) is 0 Å². The number of aliphatic imine (C=N–C) groups is 1. The van der Waals surface area contributed by atoms with Crippen molar-refractivity contribution in [3.8, 4) is 0 Å². The molecular formula is C17H27IN6. The lowest BCUT2D eigenvalue weighted by molar-refractivity contribution is 0.303. The number of rotatable bonds is 3. The second-order valence-corrected chi connectivity index (χ2v) is 7.34. The van der Waals surface area contributed by atoms with E-state index in [9.17, 15) is 0 Å². The molecule has 0 radical (unpaired) electrons. The number of nitrogens with zero attached hydrogens (tertiary/aromatic N) is 5. The Bertz CT molecular complexity index is 562. The van der Waals surface area contributed by atoms with Gasteiger partial charge in [-0.25, -0.2) is 9.97 Å². The zero-order valence-electron chi connectivity index (χ0n) is 14.1. The highest BCUT2D eigenvalue weighted by Crippen LogP contribution is 2.54. The van der Waals surface area contributed by atoms with Crippen LogP contribution in [0.4, 0.5) is 5.95 Å². The lowest BCUT2D eigenvalue weighted by Crippen LogP contribution is -2.51. The summed E-state index contributed by atoms with van der Waals surface area (Å²) < 4.78 is 0. The molecule has 1 aromatic rings. The molecule has 2 heterocycles. The molecule has 1 aliphatic heterocycles. The quantitative estimate of drug-likeness (QED) is 0.441. The molecule has 7 heteroatoms. The highest BCUT2D eigenvalue weighted by atomic mass is 127. The number of piperazine rings is 1. The first-order chi connectivity index (χ1) is 11.2. The van der Waals surface area contributed by atoms with Gasteiger partial charge >= 0.3 is 0 Å². The van der Waals surface area contributed by atoms with Crippen LogP contribution in [0, 0.1) is 11.3 Å². The molecule has 1 aromatic heterocycles. The van der Waals surface area contributed by atoms with Crippen molar-refractivity contribution >= 4 is 35.9 Å². The van der Waals surface area contributed by atoms with Crippen LogP contribution in [0.2, 0.25) is 0 Å². The van der Waals surface area contributed by atoms with E-state index in [1.54, 1.807) is 12.4 Å². The van der Waals surface area contributed by atoms with Gasteiger partial charge in [0, 0.05) is 45.1 Å². The van der Waals surface area contributed by atoms with Crippen molar-refractivity contribution in [2.75, 3.05) is 37.6 Å². The number of aromatic nitrogens is 2. The fourth-order valence-corrected chi connectivity index (χ4v) is 4.47. The molecule has 0 spiro atoms. The Morgan fingerprint density at radius 1 is 1.17 bits per heavy atom. The van der Waals surface area contributed by atoms with Crippen LogP contribution in [0.15, 0.2) is 23.5 Å². The number of guanidine groups is 1. The molecule has 3 aliphatic rings. The third-order valence-electron chi connectivity index (χ3n) is 5.90. The van der Waals surface area contributed by atoms with Gasteiger partial charge in [0.1, 0.15) is 0 Å². The normalized spacial score (nSPS) is 29.7. The molecule has 2 N–H and O–H groups in total. The minimum Gasteiger partial charge on any atom is -0.370 e. The summed E-state index contributed by atoms with van der Waals surface area (Å²) in [7, 11) is 0. The summed E-state index contributed by atoms with van der Waals surface area (Å²) in [5, 5.41) is 0. The largest absolute Gasteiger partial charge is 0.370 e. The second-order valence-electron chi connectivity index (χ2n) is 7.34. The Balaban J connectivity index is 0.00000169. The maximum absolute atomic E-state index is 6.26. The van der Waals surface area contributed by atoms with Crippen molar-refractivity contribution in [2.45, 2.75) is 32.1 Å². The van der Waals surface area contributed by atoms with Crippen molar-refractivity contribution in [3.63, 3.8) is 0 Å². The van der Waals surface area contributed by atoms with E-state index in [2.05, 4.69) is 19.8 Å². The molecule has 2 saturated carbocycles. The molecule has 2 aliphatic carbocycles. The van der Waals surface area contributed by atoms with Crippen LogP contribution in [0.5, 0.6) is 0 Å². The van der Waals surface area contributed by atoms with Gasteiger partial charge in [0.2, 0.25) is 5.95 Å². The van der Waals surface area contributed by atoms with Gasteiger partial charge < -0.3 is 15.5 Å². The Hall–Kier alpha value is -1.12. The number of hydrogen-bond donors (Lipinski definition) is 1. The number of fused-ring (bicyclic) bond motifs is 2. The Morgan fingerprint density at radius 3 is 2.42 bits per heavy atom. The molecule has 24 heavy (non-hydrogen) atoms. The molecule has 0 atom stereocenters. The van der Waals surface area contributed by atoms with E-state index in [1.165, 1.54) is 32.1 Å². The van der Waals surface area contributed by atoms with Crippen LogP contribution in [0.25, 0.3) is 0 Å². The first-order valence-electron chi connectivity index (χ1n) is 8.81. The summed E-state index contributed by atoms with van der Waals surface area (Å²) in [6.45, 7) is 4.50. The molecule has 6 nitrogen and oxygen atoms in total. The molecule has 2 bridgehead atoms. The van der Waals surface area contributed by atoms with E-state index in [0.29, 0.717) is 5.41 Å². The SMILES string of the molecule is I.NC(=NCC12CCC(CC1)C2)N1CCN(c2ncccn2)CC1. The lowest BCUT2D eigenvalue weighted by atomic mass is 9.84. The lowest BCUT2D eigenvalue weighted by Gasteiger charge is -2.35. The van der Waals surface area contributed by atoms with Gasteiger partial charge in [-0.2, -0.15) is 0 Å². The smallest absolute Gasteiger partial charge is 0.225 e. The van der Waals surface area contributed by atoms with Crippen molar-refractivity contribution in [3.05, 3.63) is 18.5 Å². The summed E-state index contributed by atoms with van der Waals surface area (Å²) in [6.07, 6.45) is 10.5. The van der Waals surface area contributed by atoms with E-state index in [0.717, 1.165) is 50.5 Å². The first-order valence-corrected chi connectivity index (χ1v) is 8.81. The van der Waals surface area contributed by atoms with Gasteiger partial charge in [-0.1, -0.05) is 0 Å². The van der Waals surface area contributed by atoms with E-state index in [4.69, 9.17) is 10.7 Å². The molecule has 4 rings (SSSR count). The van der Waals surface area contributed by atoms with Crippen molar-refractivity contribution in [2.24, 2.45) is 22.1 Å². The van der Waals surface area contributed by atoms with Crippen molar-refractivity contribution in [1.29, 1.82) is 0 Å². The summed E-state index contributed by atoms with van der Waals surface area (Å²) in [6, 6.07) is 1.85. The fraction of sp³-hybridized carbons (Fsp3) is 0.706. The molecular weight excluding hydrogens is 415 g/mol. The minimum absolute atomic E-state index is 0. The molecule has 3 fully saturated rings. The predicted molar refractivity (Wildman–Crippen MR) is 107 cm³/mol. The Kier molecular flexibility index (Phi) is 5.46. The van der Waals surface area contributed by atoms with Gasteiger partial charge in [0.15, 0.2) is 5.96 Å². The molecule has 0 aromatic carbocycles. The minimum atomic E-state index is 0. The number of anilines is 1. The average molecular weight is 442 g/mol.